The topological polar surface area (TPSA) is 73.7 Å². The molecule has 1 fully saturated rings. The molecule has 1 saturated carbocycles. The lowest BCUT2D eigenvalue weighted by Gasteiger charge is -2.12. The Bertz CT molecular complexity index is 598. The summed E-state index contributed by atoms with van der Waals surface area (Å²) < 4.78 is 0. The van der Waals surface area contributed by atoms with Crippen molar-refractivity contribution in [2.75, 3.05) is 0 Å². The molecule has 0 aliphatic heterocycles. The standard InChI is InChI=1S/C15H14N2O2/c16-17-11-14(18)13-6-2-1-5-12(13)7-10-15(19)8-3-4-9-15/h1-2,5-6,11,19H,3-4,8-9H2. The van der Waals surface area contributed by atoms with Crippen LogP contribution in [0, 0.1) is 11.8 Å². The van der Waals surface area contributed by atoms with E-state index in [9.17, 15) is 9.90 Å². The van der Waals surface area contributed by atoms with Gasteiger partial charge in [-0.1, -0.05) is 24.0 Å². The van der Waals surface area contributed by atoms with Gasteiger partial charge in [0.15, 0.2) is 0 Å². The van der Waals surface area contributed by atoms with E-state index >= 15 is 0 Å². The van der Waals surface area contributed by atoms with Crippen LogP contribution in [-0.4, -0.2) is 27.5 Å². The van der Waals surface area contributed by atoms with Crippen LogP contribution in [0.3, 0.4) is 0 Å². The molecule has 19 heavy (non-hydrogen) atoms. The van der Waals surface area contributed by atoms with Crippen LogP contribution in [0.1, 0.15) is 41.6 Å². The Kier molecular flexibility index (Phi) is 3.91. The third-order valence-electron chi connectivity index (χ3n) is 3.23. The van der Waals surface area contributed by atoms with Crippen LogP contribution in [0.2, 0.25) is 0 Å². The molecule has 0 atom stereocenters. The molecule has 0 bridgehead atoms. The second-order valence-corrected chi connectivity index (χ2v) is 4.64. The van der Waals surface area contributed by atoms with E-state index < -0.39 is 11.4 Å². The first kappa shape index (κ1) is 13.2. The van der Waals surface area contributed by atoms with E-state index in [1.54, 1.807) is 24.3 Å². The zero-order valence-corrected chi connectivity index (χ0v) is 10.5. The van der Waals surface area contributed by atoms with Gasteiger partial charge in [-0.3, -0.25) is 4.79 Å². The van der Waals surface area contributed by atoms with Crippen LogP contribution >= 0.6 is 0 Å². The number of nitrogens with zero attached hydrogens (tertiary/aromatic N) is 2. The number of hydrogen-bond donors (Lipinski definition) is 1. The molecule has 0 spiro atoms. The van der Waals surface area contributed by atoms with Crippen molar-refractivity contribution in [1.82, 2.24) is 0 Å². The Balaban J connectivity index is 2.33. The van der Waals surface area contributed by atoms with E-state index in [1.165, 1.54) is 0 Å². The normalized spacial score (nSPS) is 16.1. The maximum absolute atomic E-state index is 11.7. The fraction of sp³-hybridized carbons (Fsp3) is 0.333. The van der Waals surface area contributed by atoms with Crippen LogP contribution in [0.5, 0.6) is 0 Å². The Morgan fingerprint density at radius 2 is 2.05 bits per heavy atom. The van der Waals surface area contributed by atoms with Gasteiger partial charge in [0.05, 0.1) is 0 Å². The van der Waals surface area contributed by atoms with Crippen molar-refractivity contribution >= 4 is 12.0 Å². The molecule has 96 valence electrons. The van der Waals surface area contributed by atoms with E-state index in [2.05, 4.69) is 16.6 Å². The lowest BCUT2D eigenvalue weighted by Crippen LogP contribution is -2.20. The fourth-order valence-electron chi connectivity index (χ4n) is 2.20. The molecule has 4 nitrogen and oxygen atoms in total. The number of hydrogen-bond acceptors (Lipinski definition) is 2. The van der Waals surface area contributed by atoms with Crippen molar-refractivity contribution in [3.8, 4) is 11.8 Å². The molecule has 0 radical (unpaired) electrons. The Hall–Kier alpha value is -2.21. The van der Waals surface area contributed by atoms with Gasteiger partial charge in [-0.25, -0.2) is 0 Å². The van der Waals surface area contributed by atoms with Crippen molar-refractivity contribution in [3.05, 3.63) is 40.9 Å². The summed E-state index contributed by atoms with van der Waals surface area (Å²) in [5.41, 5.74) is 8.38. The van der Waals surface area contributed by atoms with Crippen molar-refractivity contribution in [2.45, 2.75) is 31.3 Å². The summed E-state index contributed by atoms with van der Waals surface area (Å²) >= 11 is 0. The second-order valence-electron chi connectivity index (χ2n) is 4.64. The van der Waals surface area contributed by atoms with Crippen LogP contribution in [-0.2, 0) is 0 Å². The summed E-state index contributed by atoms with van der Waals surface area (Å²) in [7, 11) is 0. The maximum Gasteiger partial charge on any atom is 0.328 e. The van der Waals surface area contributed by atoms with E-state index in [1.807, 2.05) is 0 Å². The van der Waals surface area contributed by atoms with E-state index in [0.29, 0.717) is 24.0 Å². The Morgan fingerprint density at radius 3 is 2.74 bits per heavy atom. The van der Waals surface area contributed by atoms with Crippen LogP contribution in [0.15, 0.2) is 24.3 Å². The minimum Gasteiger partial charge on any atom is -0.378 e. The van der Waals surface area contributed by atoms with E-state index in [-0.39, 0.29) is 0 Å². The SMILES string of the molecule is [N-]=[N+]=CC(=O)c1ccccc1C#CC1(O)CCCC1. The van der Waals surface area contributed by atoms with Crippen LogP contribution < -0.4 is 0 Å². The van der Waals surface area contributed by atoms with Crippen LogP contribution in [0.4, 0.5) is 0 Å². The number of rotatable bonds is 2. The molecule has 1 aliphatic carbocycles. The zero-order valence-electron chi connectivity index (χ0n) is 10.5. The number of aliphatic hydroxyl groups is 1. The number of benzene rings is 1. The quantitative estimate of drug-likeness (QED) is 0.287. The smallest absolute Gasteiger partial charge is 0.328 e. The molecule has 1 N–H and O–H groups in total. The molecule has 0 aromatic heterocycles. The fourth-order valence-corrected chi connectivity index (χ4v) is 2.20. The third kappa shape index (κ3) is 3.17. The summed E-state index contributed by atoms with van der Waals surface area (Å²) in [4.78, 5) is 14.4. The van der Waals surface area contributed by atoms with Gasteiger partial charge in [-0.15, -0.1) is 0 Å². The van der Waals surface area contributed by atoms with Gasteiger partial charge in [0.2, 0.25) is 0 Å². The monoisotopic (exact) mass is 254 g/mol. The largest absolute Gasteiger partial charge is 0.378 e. The molecule has 1 aromatic carbocycles. The highest BCUT2D eigenvalue weighted by Crippen LogP contribution is 2.28. The first-order valence-electron chi connectivity index (χ1n) is 6.21. The third-order valence-corrected chi connectivity index (χ3v) is 3.23. The summed E-state index contributed by atoms with van der Waals surface area (Å²) in [6, 6.07) is 6.82. The zero-order chi connectivity index (χ0) is 13.7. The van der Waals surface area contributed by atoms with Crippen molar-refractivity contribution < 1.29 is 14.7 Å². The molecular weight excluding hydrogens is 240 g/mol. The van der Waals surface area contributed by atoms with Gasteiger partial charge >= 0.3 is 6.21 Å². The first-order chi connectivity index (χ1) is 9.14. The highest BCUT2D eigenvalue weighted by atomic mass is 16.3. The molecule has 0 unspecified atom stereocenters. The summed E-state index contributed by atoms with van der Waals surface area (Å²) in [5.74, 6) is 5.32. The van der Waals surface area contributed by atoms with Gasteiger partial charge < -0.3 is 10.6 Å². The average Bonchev–Trinajstić information content (AvgIpc) is 2.84. The molecular formula is C15H14N2O2. The minimum atomic E-state index is -0.929. The predicted molar refractivity (Wildman–Crippen MR) is 70.8 cm³/mol. The first-order valence-corrected chi connectivity index (χ1v) is 6.21. The molecule has 0 saturated heterocycles. The van der Waals surface area contributed by atoms with Crippen LogP contribution in [0.25, 0.3) is 5.53 Å². The van der Waals surface area contributed by atoms with Gasteiger partial charge in [-0.05, 0) is 37.8 Å². The van der Waals surface area contributed by atoms with Crippen molar-refractivity contribution in [2.24, 2.45) is 0 Å². The van der Waals surface area contributed by atoms with E-state index in [4.69, 9.17) is 5.53 Å². The maximum atomic E-state index is 11.7. The van der Waals surface area contributed by atoms with Crippen molar-refractivity contribution in [3.63, 3.8) is 0 Å². The van der Waals surface area contributed by atoms with Gasteiger partial charge in [0.25, 0.3) is 5.78 Å². The average molecular weight is 254 g/mol. The van der Waals surface area contributed by atoms with Gasteiger partial charge in [0, 0.05) is 11.1 Å². The van der Waals surface area contributed by atoms with E-state index in [0.717, 1.165) is 19.1 Å². The molecule has 2 rings (SSSR count). The predicted octanol–water partition coefficient (Wildman–Crippen LogP) is 1.83. The molecule has 1 aliphatic rings. The van der Waals surface area contributed by atoms with Crippen molar-refractivity contribution in [1.29, 1.82) is 0 Å². The highest BCUT2D eigenvalue weighted by molar-refractivity contribution is 6.34. The lowest BCUT2D eigenvalue weighted by atomic mass is 10.0. The van der Waals surface area contributed by atoms with Gasteiger partial charge in [-0.2, -0.15) is 4.79 Å². The minimum absolute atomic E-state index is 0.370. The molecule has 0 heterocycles. The van der Waals surface area contributed by atoms with Gasteiger partial charge in [0.1, 0.15) is 5.60 Å². The number of Topliss-reactive ketones (excluding diaryl/α,β-unsaturated/α-hetero) is 1. The summed E-state index contributed by atoms with van der Waals surface area (Å²) in [6.45, 7) is 0. The summed E-state index contributed by atoms with van der Waals surface area (Å²) in [5, 5.41) is 10.2. The molecule has 0 amide bonds. The Labute approximate surface area is 111 Å². The number of carbonyl (C=O) groups excluding carboxylic acids is 1. The number of carbonyl (C=O) groups is 1. The Morgan fingerprint density at radius 1 is 1.37 bits per heavy atom. The lowest BCUT2D eigenvalue weighted by molar-refractivity contribution is 0.00234. The summed E-state index contributed by atoms with van der Waals surface area (Å²) in [6.07, 6.45) is 4.14. The molecule has 1 aromatic rings. The number of ketones is 1. The second kappa shape index (κ2) is 5.62. The highest BCUT2D eigenvalue weighted by Gasteiger charge is 2.28. The molecule has 4 heteroatoms.